The van der Waals surface area contributed by atoms with Crippen molar-refractivity contribution in [1.82, 2.24) is 19.2 Å². The molecule has 0 radical (unpaired) electrons. The molecular weight excluding hydrogens is 470 g/mol. The van der Waals surface area contributed by atoms with Crippen molar-refractivity contribution in [2.75, 3.05) is 11.1 Å². The summed E-state index contributed by atoms with van der Waals surface area (Å²) in [6.07, 6.45) is 0. The topological polar surface area (TPSA) is 81.3 Å². The molecule has 1 amide bonds. The van der Waals surface area contributed by atoms with Crippen LogP contribution in [0.2, 0.25) is 5.02 Å². The van der Waals surface area contributed by atoms with E-state index in [-0.39, 0.29) is 17.2 Å². The summed E-state index contributed by atoms with van der Waals surface area (Å²) in [5, 5.41) is 13.1. The molecule has 3 aromatic carbocycles. The molecule has 0 atom stereocenters. The minimum Gasteiger partial charge on any atom is -0.325 e. The van der Waals surface area contributed by atoms with Crippen LogP contribution in [0.1, 0.15) is 11.1 Å². The lowest BCUT2D eigenvalue weighted by Crippen LogP contribution is -2.24. The summed E-state index contributed by atoms with van der Waals surface area (Å²) in [5.41, 5.74) is 3.33. The Bertz CT molecular complexity index is 1580. The Morgan fingerprint density at radius 2 is 1.82 bits per heavy atom. The Morgan fingerprint density at radius 1 is 1.03 bits per heavy atom. The van der Waals surface area contributed by atoms with E-state index in [4.69, 9.17) is 11.6 Å². The van der Waals surface area contributed by atoms with Gasteiger partial charge in [-0.25, -0.2) is 0 Å². The van der Waals surface area contributed by atoms with Crippen molar-refractivity contribution >= 4 is 51.6 Å². The molecule has 0 saturated heterocycles. The minimum absolute atomic E-state index is 0.124. The number of amides is 1. The van der Waals surface area contributed by atoms with E-state index in [0.29, 0.717) is 39.1 Å². The Morgan fingerprint density at radius 3 is 2.62 bits per heavy atom. The molecule has 5 aromatic rings. The first-order chi connectivity index (χ1) is 16.5. The fraction of sp³-hybridized carbons (Fsp3) is 0.120. The van der Waals surface area contributed by atoms with E-state index in [1.807, 2.05) is 53.8 Å². The van der Waals surface area contributed by atoms with Crippen LogP contribution in [0, 0.1) is 6.92 Å². The van der Waals surface area contributed by atoms with Crippen molar-refractivity contribution in [3.63, 3.8) is 0 Å². The Balaban J connectivity index is 1.50. The molecule has 0 aliphatic carbocycles. The fourth-order valence-electron chi connectivity index (χ4n) is 3.74. The average molecular weight is 490 g/mol. The van der Waals surface area contributed by atoms with E-state index in [0.717, 1.165) is 11.1 Å². The third kappa shape index (κ3) is 4.42. The number of halogens is 1. The first-order valence-corrected chi connectivity index (χ1v) is 12.0. The van der Waals surface area contributed by atoms with Crippen LogP contribution in [0.25, 0.3) is 16.7 Å². The number of nitrogens with zero attached hydrogens (tertiary/aromatic N) is 4. The highest BCUT2D eigenvalue weighted by Crippen LogP contribution is 2.23. The van der Waals surface area contributed by atoms with Gasteiger partial charge in [0.15, 0.2) is 5.16 Å². The normalized spacial score (nSPS) is 11.2. The van der Waals surface area contributed by atoms with Gasteiger partial charge in [-0.3, -0.25) is 18.6 Å². The molecular formula is C25H20ClN5O2S. The van der Waals surface area contributed by atoms with Crippen molar-refractivity contribution in [2.24, 2.45) is 0 Å². The molecule has 7 nitrogen and oxygen atoms in total. The predicted octanol–water partition coefficient (Wildman–Crippen LogP) is 4.79. The molecule has 0 spiro atoms. The van der Waals surface area contributed by atoms with E-state index >= 15 is 0 Å². The number of rotatable bonds is 6. The highest BCUT2D eigenvalue weighted by Gasteiger charge is 2.18. The second kappa shape index (κ2) is 9.32. The summed E-state index contributed by atoms with van der Waals surface area (Å²) in [6.45, 7) is 2.39. The number of anilines is 1. The summed E-state index contributed by atoms with van der Waals surface area (Å²) in [5.74, 6) is 0.363. The van der Waals surface area contributed by atoms with Gasteiger partial charge in [-0.15, -0.1) is 10.2 Å². The fourth-order valence-corrected chi connectivity index (χ4v) is 4.67. The highest BCUT2D eigenvalue weighted by atomic mass is 35.5. The molecule has 1 N–H and O–H groups in total. The molecule has 170 valence electrons. The van der Waals surface area contributed by atoms with Crippen molar-refractivity contribution in [1.29, 1.82) is 0 Å². The van der Waals surface area contributed by atoms with Gasteiger partial charge in [-0.1, -0.05) is 71.4 Å². The molecule has 0 fully saturated rings. The lowest BCUT2D eigenvalue weighted by Gasteiger charge is -2.11. The van der Waals surface area contributed by atoms with Crippen LogP contribution in [0.15, 0.2) is 82.7 Å². The number of fused-ring (bicyclic) bond motifs is 3. The van der Waals surface area contributed by atoms with Crippen LogP contribution in [0.3, 0.4) is 0 Å². The van der Waals surface area contributed by atoms with Crippen LogP contribution in [0.4, 0.5) is 5.69 Å². The highest BCUT2D eigenvalue weighted by molar-refractivity contribution is 7.99. The van der Waals surface area contributed by atoms with Crippen molar-refractivity contribution < 1.29 is 4.79 Å². The van der Waals surface area contributed by atoms with Crippen LogP contribution >= 0.6 is 23.4 Å². The Kier molecular flexibility index (Phi) is 6.08. The molecule has 5 rings (SSSR count). The lowest BCUT2D eigenvalue weighted by atomic mass is 10.1. The number of aromatic nitrogens is 4. The Labute approximate surface area is 204 Å². The second-order valence-corrected chi connectivity index (χ2v) is 9.24. The maximum Gasteiger partial charge on any atom is 0.263 e. The molecule has 2 heterocycles. The monoisotopic (exact) mass is 489 g/mol. The number of benzene rings is 3. The zero-order valence-electron chi connectivity index (χ0n) is 18.2. The molecule has 9 heteroatoms. The zero-order valence-corrected chi connectivity index (χ0v) is 19.8. The predicted molar refractivity (Wildman–Crippen MR) is 136 cm³/mol. The first kappa shape index (κ1) is 22.2. The Hall–Kier alpha value is -3.62. The number of nitrogens with one attached hydrogen (secondary N) is 1. The average Bonchev–Trinajstić information content (AvgIpc) is 3.26. The third-order valence-electron chi connectivity index (χ3n) is 5.38. The largest absolute Gasteiger partial charge is 0.325 e. The van der Waals surface area contributed by atoms with Gasteiger partial charge in [0.1, 0.15) is 0 Å². The van der Waals surface area contributed by atoms with Crippen molar-refractivity contribution in [3.05, 3.63) is 99.3 Å². The number of para-hydroxylation sites is 1. The molecule has 2 aromatic heterocycles. The van der Waals surface area contributed by atoms with Gasteiger partial charge in [0, 0.05) is 10.7 Å². The minimum atomic E-state index is -0.193. The second-order valence-electron chi connectivity index (χ2n) is 7.86. The molecule has 0 bridgehead atoms. The maximum atomic E-state index is 13.3. The van der Waals surface area contributed by atoms with E-state index in [1.54, 1.807) is 34.9 Å². The van der Waals surface area contributed by atoms with E-state index < -0.39 is 0 Å². The van der Waals surface area contributed by atoms with Gasteiger partial charge >= 0.3 is 0 Å². The summed E-state index contributed by atoms with van der Waals surface area (Å²) < 4.78 is 3.46. The summed E-state index contributed by atoms with van der Waals surface area (Å²) >= 11 is 7.25. The van der Waals surface area contributed by atoms with Crippen LogP contribution in [-0.2, 0) is 11.3 Å². The van der Waals surface area contributed by atoms with E-state index in [1.165, 1.54) is 11.8 Å². The SMILES string of the molecule is Cc1ccc(Cn2c(=O)c3ccccc3n3c(SCC(=O)Nc4cccc(Cl)c4)nnc23)cc1. The number of aryl methyl sites for hydroxylation is 1. The van der Waals surface area contributed by atoms with Crippen molar-refractivity contribution in [3.8, 4) is 0 Å². The number of carbonyl (C=O) groups is 1. The molecule has 0 saturated carbocycles. The molecule has 0 aliphatic heterocycles. The standard InChI is InChI=1S/C25H20ClN5O2S/c1-16-9-11-17(12-10-16)14-30-23(33)20-7-2-3-8-21(20)31-24(30)28-29-25(31)34-15-22(32)27-19-6-4-5-18(26)13-19/h2-13H,14-15H2,1H3,(H,27,32). The lowest BCUT2D eigenvalue weighted by molar-refractivity contribution is -0.113. The van der Waals surface area contributed by atoms with Crippen LogP contribution in [0.5, 0.6) is 0 Å². The summed E-state index contributed by atoms with van der Waals surface area (Å²) in [7, 11) is 0. The third-order valence-corrected chi connectivity index (χ3v) is 6.54. The number of hydrogen-bond acceptors (Lipinski definition) is 5. The van der Waals surface area contributed by atoms with Gasteiger partial charge in [-0.2, -0.15) is 0 Å². The smallest absolute Gasteiger partial charge is 0.263 e. The maximum absolute atomic E-state index is 13.3. The summed E-state index contributed by atoms with van der Waals surface area (Å²) in [6, 6.07) is 22.4. The van der Waals surface area contributed by atoms with Crippen LogP contribution < -0.4 is 10.9 Å². The van der Waals surface area contributed by atoms with Gasteiger partial charge in [-0.05, 0) is 42.8 Å². The molecule has 0 unspecified atom stereocenters. The zero-order chi connectivity index (χ0) is 23.7. The van der Waals surface area contributed by atoms with E-state index in [9.17, 15) is 9.59 Å². The van der Waals surface area contributed by atoms with Gasteiger partial charge in [0.05, 0.1) is 23.2 Å². The molecule has 34 heavy (non-hydrogen) atoms. The van der Waals surface area contributed by atoms with E-state index in [2.05, 4.69) is 15.5 Å². The number of hydrogen-bond donors (Lipinski definition) is 1. The molecule has 0 aliphatic rings. The van der Waals surface area contributed by atoms with Gasteiger partial charge < -0.3 is 5.32 Å². The van der Waals surface area contributed by atoms with Crippen LogP contribution in [-0.4, -0.2) is 30.8 Å². The van der Waals surface area contributed by atoms with Crippen molar-refractivity contribution in [2.45, 2.75) is 18.6 Å². The summed E-state index contributed by atoms with van der Waals surface area (Å²) in [4.78, 5) is 25.8. The quantitative estimate of drug-likeness (QED) is 0.347. The number of thioether (sulfide) groups is 1. The van der Waals surface area contributed by atoms with Gasteiger partial charge in [0.2, 0.25) is 11.7 Å². The number of carbonyl (C=O) groups excluding carboxylic acids is 1. The van der Waals surface area contributed by atoms with Gasteiger partial charge in [0.25, 0.3) is 5.56 Å². The first-order valence-electron chi connectivity index (χ1n) is 10.6.